The molecule has 0 aliphatic carbocycles. The SMILES string of the molecule is Cl.O=C(NCCCC(=O)N1CCc2ccccc21)C1CC(O)CN1. The molecule has 2 atom stereocenters. The fourth-order valence-electron chi connectivity index (χ4n) is 3.22. The number of hydrogen-bond donors (Lipinski definition) is 3. The Balaban J connectivity index is 0.00000208. The Kier molecular flexibility index (Phi) is 6.60. The lowest BCUT2D eigenvalue weighted by Crippen LogP contribution is -2.41. The lowest BCUT2D eigenvalue weighted by Gasteiger charge is -2.17. The number of nitrogens with one attached hydrogen (secondary N) is 2. The van der Waals surface area contributed by atoms with Crippen molar-refractivity contribution < 1.29 is 14.7 Å². The van der Waals surface area contributed by atoms with E-state index in [1.165, 1.54) is 5.56 Å². The molecule has 0 spiro atoms. The van der Waals surface area contributed by atoms with Gasteiger partial charge in [0.1, 0.15) is 0 Å². The van der Waals surface area contributed by atoms with Crippen molar-refractivity contribution in [2.24, 2.45) is 0 Å². The molecule has 6 nitrogen and oxygen atoms in total. The first-order valence-electron chi connectivity index (χ1n) is 8.22. The zero-order chi connectivity index (χ0) is 16.2. The molecule has 0 radical (unpaired) electrons. The Morgan fingerprint density at radius 2 is 2.12 bits per heavy atom. The molecule has 1 fully saturated rings. The van der Waals surface area contributed by atoms with Crippen LogP contribution in [0.5, 0.6) is 0 Å². The second-order valence-electron chi connectivity index (χ2n) is 6.17. The zero-order valence-corrected chi connectivity index (χ0v) is 14.3. The van der Waals surface area contributed by atoms with Crippen molar-refractivity contribution in [2.45, 2.75) is 37.8 Å². The number of anilines is 1. The highest BCUT2D eigenvalue weighted by atomic mass is 35.5. The summed E-state index contributed by atoms with van der Waals surface area (Å²) < 4.78 is 0. The van der Waals surface area contributed by atoms with Gasteiger partial charge in [-0.25, -0.2) is 0 Å². The van der Waals surface area contributed by atoms with Gasteiger partial charge in [0.05, 0.1) is 12.1 Å². The molecule has 2 unspecified atom stereocenters. The topological polar surface area (TPSA) is 81.7 Å². The third-order valence-electron chi connectivity index (χ3n) is 4.48. The summed E-state index contributed by atoms with van der Waals surface area (Å²) in [6, 6.07) is 7.68. The fourth-order valence-corrected chi connectivity index (χ4v) is 3.22. The number of amides is 2. The van der Waals surface area contributed by atoms with E-state index in [4.69, 9.17) is 0 Å². The van der Waals surface area contributed by atoms with E-state index in [0.29, 0.717) is 32.4 Å². The van der Waals surface area contributed by atoms with Gasteiger partial charge in [0.2, 0.25) is 11.8 Å². The molecule has 2 aliphatic heterocycles. The molecule has 0 saturated carbocycles. The average Bonchev–Trinajstić information content (AvgIpc) is 3.17. The number of aliphatic hydroxyl groups excluding tert-OH is 1. The number of para-hydroxylation sites is 1. The Labute approximate surface area is 148 Å². The molecule has 132 valence electrons. The summed E-state index contributed by atoms with van der Waals surface area (Å²) in [7, 11) is 0. The minimum absolute atomic E-state index is 0. The summed E-state index contributed by atoms with van der Waals surface area (Å²) in [6.45, 7) is 1.69. The summed E-state index contributed by atoms with van der Waals surface area (Å²) in [6.07, 6.45) is 1.97. The average molecular weight is 354 g/mol. The van der Waals surface area contributed by atoms with Crippen LogP contribution in [0.1, 0.15) is 24.8 Å². The highest BCUT2D eigenvalue weighted by Gasteiger charge is 2.28. The van der Waals surface area contributed by atoms with Crippen molar-refractivity contribution in [1.29, 1.82) is 0 Å². The van der Waals surface area contributed by atoms with Crippen LogP contribution in [0.25, 0.3) is 0 Å². The smallest absolute Gasteiger partial charge is 0.237 e. The number of carbonyl (C=O) groups is 2. The Hall–Kier alpha value is -1.63. The van der Waals surface area contributed by atoms with Gasteiger partial charge in [0.15, 0.2) is 0 Å². The highest BCUT2D eigenvalue weighted by molar-refractivity contribution is 5.95. The number of hydrogen-bond acceptors (Lipinski definition) is 4. The second-order valence-corrected chi connectivity index (χ2v) is 6.17. The van der Waals surface area contributed by atoms with Crippen molar-refractivity contribution in [2.75, 3.05) is 24.5 Å². The molecular weight excluding hydrogens is 330 g/mol. The van der Waals surface area contributed by atoms with Gasteiger partial charge in [0.25, 0.3) is 0 Å². The van der Waals surface area contributed by atoms with Crippen molar-refractivity contribution in [1.82, 2.24) is 10.6 Å². The van der Waals surface area contributed by atoms with Crippen LogP contribution in [0.3, 0.4) is 0 Å². The van der Waals surface area contributed by atoms with E-state index in [2.05, 4.69) is 16.7 Å². The molecule has 2 aliphatic rings. The monoisotopic (exact) mass is 353 g/mol. The van der Waals surface area contributed by atoms with E-state index in [1.807, 2.05) is 23.1 Å². The molecular formula is C17H24ClN3O3. The summed E-state index contributed by atoms with van der Waals surface area (Å²) in [5.74, 6) is 0.0131. The largest absolute Gasteiger partial charge is 0.392 e. The fraction of sp³-hybridized carbons (Fsp3) is 0.529. The van der Waals surface area contributed by atoms with Crippen LogP contribution in [-0.4, -0.2) is 48.7 Å². The predicted molar refractivity (Wildman–Crippen MR) is 94.4 cm³/mol. The minimum atomic E-state index is -0.442. The zero-order valence-electron chi connectivity index (χ0n) is 13.5. The molecule has 3 rings (SSSR count). The predicted octanol–water partition coefficient (Wildman–Crippen LogP) is 0.617. The Morgan fingerprint density at radius 3 is 2.88 bits per heavy atom. The van der Waals surface area contributed by atoms with Crippen LogP contribution in [0.15, 0.2) is 24.3 Å². The Bertz CT molecular complexity index is 596. The molecule has 1 aromatic rings. The number of β-amino-alcohol motifs (C(OH)–C–C–N with tert-alkyl or cyclic N) is 1. The third-order valence-corrected chi connectivity index (χ3v) is 4.48. The number of halogens is 1. The van der Waals surface area contributed by atoms with Gasteiger partial charge in [-0.05, 0) is 30.9 Å². The van der Waals surface area contributed by atoms with Crippen molar-refractivity contribution in [3.05, 3.63) is 29.8 Å². The molecule has 0 aromatic heterocycles. The van der Waals surface area contributed by atoms with Gasteiger partial charge in [-0.1, -0.05) is 18.2 Å². The van der Waals surface area contributed by atoms with Crippen LogP contribution < -0.4 is 15.5 Å². The van der Waals surface area contributed by atoms with Gasteiger partial charge >= 0.3 is 0 Å². The molecule has 2 amide bonds. The lowest BCUT2D eigenvalue weighted by molar-refractivity contribution is -0.123. The van der Waals surface area contributed by atoms with Crippen molar-refractivity contribution in [3.63, 3.8) is 0 Å². The third kappa shape index (κ3) is 4.26. The highest BCUT2D eigenvalue weighted by Crippen LogP contribution is 2.27. The molecule has 3 N–H and O–H groups in total. The van der Waals surface area contributed by atoms with Crippen molar-refractivity contribution in [3.8, 4) is 0 Å². The quantitative estimate of drug-likeness (QED) is 0.678. The molecule has 0 bridgehead atoms. The summed E-state index contributed by atoms with van der Waals surface area (Å²) >= 11 is 0. The van der Waals surface area contributed by atoms with Crippen LogP contribution in [0, 0.1) is 0 Å². The molecule has 7 heteroatoms. The standard InChI is InChI=1S/C17H23N3O3.ClH/c21-13-10-14(19-11-13)17(23)18-8-3-6-16(22)20-9-7-12-4-1-2-5-15(12)20;/h1-2,4-5,13-14,19,21H,3,6-11H2,(H,18,23);1H. The maximum Gasteiger partial charge on any atom is 0.237 e. The van der Waals surface area contributed by atoms with Gasteiger partial charge in [-0.2, -0.15) is 0 Å². The van der Waals surface area contributed by atoms with E-state index < -0.39 is 6.10 Å². The number of carbonyl (C=O) groups excluding carboxylic acids is 2. The van der Waals surface area contributed by atoms with E-state index in [9.17, 15) is 14.7 Å². The molecule has 2 heterocycles. The van der Waals surface area contributed by atoms with Gasteiger partial charge in [-0.3, -0.25) is 9.59 Å². The number of fused-ring (bicyclic) bond motifs is 1. The van der Waals surface area contributed by atoms with E-state index in [-0.39, 0.29) is 30.3 Å². The maximum atomic E-state index is 12.3. The molecule has 24 heavy (non-hydrogen) atoms. The first-order chi connectivity index (χ1) is 11.1. The van der Waals surface area contributed by atoms with Crippen LogP contribution in [-0.2, 0) is 16.0 Å². The summed E-state index contributed by atoms with van der Waals surface area (Å²) in [5, 5.41) is 15.2. The summed E-state index contributed by atoms with van der Waals surface area (Å²) in [5.41, 5.74) is 2.24. The molecule has 1 aromatic carbocycles. The number of benzene rings is 1. The number of aliphatic hydroxyl groups is 1. The first kappa shape index (κ1) is 18.7. The van der Waals surface area contributed by atoms with E-state index in [0.717, 1.165) is 18.7 Å². The van der Waals surface area contributed by atoms with Gasteiger partial charge in [-0.15, -0.1) is 12.4 Å². The number of nitrogens with zero attached hydrogens (tertiary/aromatic N) is 1. The Morgan fingerprint density at radius 1 is 1.33 bits per heavy atom. The minimum Gasteiger partial charge on any atom is -0.392 e. The normalized spacial score (nSPS) is 22.0. The van der Waals surface area contributed by atoms with Crippen LogP contribution in [0.2, 0.25) is 0 Å². The van der Waals surface area contributed by atoms with Crippen LogP contribution in [0.4, 0.5) is 5.69 Å². The first-order valence-corrected chi connectivity index (χ1v) is 8.22. The van der Waals surface area contributed by atoms with Crippen molar-refractivity contribution >= 4 is 29.9 Å². The second kappa shape index (κ2) is 8.46. The maximum absolute atomic E-state index is 12.3. The van der Waals surface area contributed by atoms with Crippen LogP contribution >= 0.6 is 12.4 Å². The summed E-state index contributed by atoms with van der Waals surface area (Å²) in [4.78, 5) is 26.0. The molecule has 1 saturated heterocycles. The van der Waals surface area contributed by atoms with E-state index in [1.54, 1.807) is 0 Å². The van der Waals surface area contributed by atoms with Gasteiger partial charge in [0, 0.05) is 31.7 Å². The number of rotatable bonds is 5. The van der Waals surface area contributed by atoms with Gasteiger partial charge < -0.3 is 20.6 Å². The lowest BCUT2D eigenvalue weighted by atomic mass is 10.2. The van der Waals surface area contributed by atoms with E-state index >= 15 is 0 Å².